The lowest BCUT2D eigenvalue weighted by Gasteiger charge is -2.21. The molecule has 1 aromatic rings. The third-order valence-corrected chi connectivity index (χ3v) is 3.35. The molecule has 5 nitrogen and oxygen atoms in total. The van der Waals surface area contributed by atoms with Gasteiger partial charge in [-0.3, -0.25) is 4.79 Å². The Morgan fingerprint density at radius 2 is 2.05 bits per heavy atom. The SMILES string of the molecule is O=C(O)c1cccc(CNC(=O)C2CCNCC2)c1. The van der Waals surface area contributed by atoms with E-state index < -0.39 is 5.97 Å². The molecule has 0 radical (unpaired) electrons. The summed E-state index contributed by atoms with van der Waals surface area (Å²) < 4.78 is 0. The first kappa shape index (κ1) is 13.5. The molecule has 0 unspecified atom stereocenters. The molecule has 0 bridgehead atoms. The number of nitrogens with one attached hydrogen (secondary N) is 2. The van der Waals surface area contributed by atoms with Crippen molar-refractivity contribution in [3.63, 3.8) is 0 Å². The summed E-state index contributed by atoms with van der Waals surface area (Å²) in [5.41, 5.74) is 1.05. The number of aromatic carboxylic acids is 1. The number of carboxylic acids is 1. The van der Waals surface area contributed by atoms with Gasteiger partial charge in [-0.1, -0.05) is 12.1 Å². The van der Waals surface area contributed by atoms with Crippen molar-refractivity contribution in [2.45, 2.75) is 19.4 Å². The Kier molecular flexibility index (Phi) is 4.52. The number of carbonyl (C=O) groups is 2. The van der Waals surface area contributed by atoms with E-state index in [9.17, 15) is 9.59 Å². The molecule has 1 fully saturated rings. The van der Waals surface area contributed by atoms with E-state index in [1.54, 1.807) is 18.2 Å². The van der Waals surface area contributed by atoms with Crippen LogP contribution in [0.15, 0.2) is 24.3 Å². The lowest BCUT2D eigenvalue weighted by atomic mass is 9.97. The first-order valence-corrected chi connectivity index (χ1v) is 6.47. The molecule has 1 amide bonds. The summed E-state index contributed by atoms with van der Waals surface area (Å²) >= 11 is 0. The first-order valence-electron chi connectivity index (χ1n) is 6.47. The molecule has 3 N–H and O–H groups in total. The summed E-state index contributed by atoms with van der Waals surface area (Å²) in [6, 6.07) is 6.64. The fourth-order valence-corrected chi connectivity index (χ4v) is 2.23. The molecule has 5 heteroatoms. The van der Waals surface area contributed by atoms with Crippen molar-refractivity contribution in [2.75, 3.05) is 13.1 Å². The van der Waals surface area contributed by atoms with Crippen LogP contribution in [0.5, 0.6) is 0 Å². The van der Waals surface area contributed by atoms with E-state index in [0.717, 1.165) is 31.5 Å². The van der Waals surface area contributed by atoms with Crippen molar-refractivity contribution < 1.29 is 14.7 Å². The third-order valence-electron chi connectivity index (χ3n) is 3.35. The number of carbonyl (C=O) groups excluding carboxylic acids is 1. The summed E-state index contributed by atoms with van der Waals surface area (Å²) in [7, 11) is 0. The van der Waals surface area contributed by atoms with Crippen LogP contribution in [0, 0.1) is 5.92 Å². The maximum atomic E-state index is 11.9. The molecule has 1 aromatic carbocycles. The Balaban J connectivity index is 1.89. The van der Waals surface area contributed by atoms with Gasteiger partial charge in [0.15, 0.2) is 0 Å². The zero-order chi connectivity index (χ0) is 13.7. The van der Waals surface area contributed by atoms with Crippen molar-refractivity contribution in [3.8, 4) is 0 Å². The fourth-order valence-electron chi connectivity index (χ4n) is 2.23. The number of amides is 1. The predicted molar refractivity (Wildman–Crippen MR) is 70.8 cm³/mol. The topological polar surface area (TPSA) is 78.4 Å². The highest BCUT2D eigenvalue weighted by atomic mass is 16.4. The predicted octanol–water partition coefficient (Wildman–Crippen LogP) is 1.00. The van der Waals surface area contributed by atoms with E-state index in [-0.39, 0.29) is 17.4 Å². The van der Waals surface area contributed by atoms with Crippen LogP contribution in [0.2, 0.25) is 0 Å². The van der Waals surface area contributed by atoms with Gasteiger partial charge < -0.3 is 15.7 Å². The van der Waals surface area contributed by atoms with Crippen LogP contribution >= 0.6 is 0 Å². The molecule has 1 aliphatic heterocycles. The molecular weight excluding hydrogens is 244 g/mol. The molecular formula is C14H18N2O3. The molecule has 0 atom stereocenters. The Hall–Kier alpha value is -1.88. The van der Waals surface area contributed by atoms with Gasteiger partial charge in [0.25, 0.3) is 0 Å². The molecule has 1 saturated heterocycles. The fraction of sp³-hybridized carbons (Fsp3) is 0.429. The van der Waals surface area contributed by atoms with Crippen LogP contribution in [-0.4, -0.2) is 30.1 Å². The normalized spacial score (nSPS) is 16.0. The second-order valence-corrected chi connectivity index (χ2v) is 4.75. The van der Waals surface area contributed by atoms with Gasteiger partial charge in [0.1, 0.15) is 0 Å². The van der Waals surface area contributed by atoms with Crippen LogP contribution in [0.25, 0.3) is 0 Å². The summed E-state index contributed by atoms with van der Waals surface area (Å²) in [6.07, 6.45) is 1.72. The quantitative estimate of drug-likeness (QED) is 0.756. The summed E-state index contributed by atoms with van der Waals surface area (Å²) in [5, 5.41) is 15.0. The number of hydrogen-bond donors (Lipinski definition) is 3. The number of hydrogen-bond acceptors (Lipinski definition) is 3. The molecule has 0 aromatic heterocycles. The van der Waals surface area contributed by atoms with Crippen LogP contribution in [0.3, 0.4) is 0 Å². The number of rotatable bonds is 4. The van der Waals surface area contributed by atoms with E-state index in [2.05, 4.69) is 10.6 Å². The van der Waals surface area contributed by atoms with Crippen molar-refractivity contribution in [3.05, 3.63) is 35.4 Å². The molecule has 19 heavy (non-hydrogen) atoms. The monoisotopic (exact) mass is 262 g/mol. The number of carboxylic acid groups (broad SMARTS) is 1. The van der Waals surface area contributed by atoms with Crippen molar-refractivity contribution in [1.29, 1.82) is 0 Å². The molecule has 2 rings (SSSR count). The smallest absolute Gasteiger partial charge is 0.335 e. The standard InChI is InChI=1S/C14H18N2O3/c17-13(11-4-6-15-7-5-11)16-9-10-2-1-3-12(8-10)14(18)19/h1-3,8,11,15H,4-7,9H2,(H,16,17)(H,18,19). The summed E-state index contributed by atoms with van der Waals surface area (Å²) in [5.74, 6) is -0.822. The van der Waals surface area contributed by atoms with E-state index in [1.807, 2.05) is 6.07 Å². The van der Waals surface area contributed by atoms with Gasteiger partial charge in [0.05, 0.1) is 5.56 Å². The van der Waals surface area contributed by atoms with E-state index in [1.165, 1.54) is 0 Å². The van der Waals surface area contributed by atoms with E-state index in [0.29, 0.717) is 6.54 Å². The number of benzene rings is 1. The maximum Gasteiger partial charge on any atom is 0.335 e. The molecule has 0 aliphatic carbocycles. The first-order chi connectivity index (χ1) is 9.16. The van der Waals surface area contributed by atoms with Gasteiger partial charge in [0, 0.05) is 12.5 Å². The van der Waals surface area contributed by atoms with Gasteiger partial charge in [-0.05, 0) is 43.6 Å². The molecule has 1 heterocycles. The van der Waals surface area contributed by atoms with Gasteiger partial charge >= 0.3 is 5.97 Å². The average Bonchev–Trinajstić information content (AvgIpc) is 2.46. The van der Waals surface area contributed by atoms with Crippen LogP contribution in [0.1, 0.15) is 28.8 Å². The lowest BCUT2D eigenvalue weighted by Crippen LogP contribution is -2.37. The second-order valence-electron chi connectivity index (χ2n) is 4.75. The maximum absolute atomic E-state index is 11.9. The average molecular weight is 262 g/mol. The van der Waals surface area contributed by atoms with Crippen LogP contribution < -0.4 is 10.6 Å². The van der Waals surface area contributed by atoms with E-state index >= 15 is 0 Å². The zero-order valence-corrected chi connectivity index (χ0v) is 10.7. The van der Waals surface area contributed by atoms with E-state index in [4.69, 9.17) is 5.11 Å². The van der Waals surface area contributed by atoms with Gasteiger partial charge in [-0.2, -0.15) is 0 Å². The van der Waals surface area contributed by atoms with Gasteiger partial charge in [0.2, 0.25) is 5.91 Å². The Bertz CT molecular complexity index is 468. The highest BCUT2D eigenvalue weighted by molar-refractivity contribution is 5.87. The minimum Gasteiger partial charge on any atom is -0.478 e. The Morgan fingerprint density at radius 3 is 2.74 bits per heavy atom. The van der Waals surface area contributed by atoms with Crippen molar-refractivity contribution >= 4 is 11.9 Å². The molecule has 0 saturated carbocycles. The molecule has 1 aliphatic rings. The minimum atomic E-state index is -0.952. The summed E-state index contributed by atoms with van der Waals surface area (Å²) in [4.78, 5) is 22.8. The van der Waals surface area contributed by atoms with Gasteiger partial charge in [-0.25, -0.2) is 4.79 Å². The van der Waals surface area contributed by atoms with Crippen LogP contribution in [-0.2, 0) is 11.3 Å². The van der Waals surface area contributed by atoms with Crippen molar-refractivity contribution in [2.24, 2.45) is 5.92 Å². The highest BCUT2D eigenvalue weighted by Crippen LogP contribution is 2.12. The highest BCUT2D eigenvalue weighted by Gasteiger charge is 2.20. The van der Waals surface area contributed by atoms with Crippen LogP contribution in [0.4, 0.5) is 0 Å². The van der Waals surface area contributed by atoms with Gasteiger partial charge in [-0.15, -0.1) is 0 Å². The number of piperidine rings is 1. The largest absolute Gasteiger partial charge is 0.478 e. The Labute approximate surface area is 112 Å². The lowest BCUT2D eigenvalue weighted by molar-refractivity contribution is -0.125. The minimum absolute atomic E-state index is 0.0576. The molecule has 102 valence electrons. The molecule has 0 spiro atoms. The van der Waals surface area contributed by atoms with Crippen molar-refractivity contribution in [1.82, 2.24) is 10.6 Å². The second kappa shape index (κ2) is 6.33. The zero-order valence-electron chi connectivity index (χ0n) is 10.7. The summed E-state index contributed by atoms with van der Waals surface area (Å²) in [6.45, 7) is 2.14. The third kappa shape index (κ3) is 3.79. The Morgan fingerprint density at radius 1 is 1.32 bits per heavy atom.